The van der Waals surface area contributed by atoms with Crippen molar-refractivity contribution in [3.63, 3.8) is 0 Å². The van der Waals surface area contributed by atoms with Gasteiger partial charge in [-0.25, -0.2) is 4.99 Å². The molecule has 0 spiro atoms. The lowest BCUT2D eigenvalue weighted by Gasteiger charge is -2.35. The van der Waals surface area contributed by atoms with E-state index in [9.17, 15) is 0 Å². The number of rotatable bonds is 7. The van der Waals surface area contributed by atoms with E-state index in [1.807, 2.05) is 26.0 Å². The van der Waals surface area contributed by atoms with E-state index in [1.165, 1.54) is 42.2 Å². The van der Waals surface area contributed by atoms with Crippen molar-refractivity contribution in [3.8, 4) is 0 Å². The summed E-state index contributed by atoms with van der Waals surface area (Å²) >= 11 is 0. The van der Waals surface area contributed by atoms with Gasteiger partial charge in [-0.05, 0) is 75.8 Å². The van der Waals surface area contributed by atoms with Crippen molar-refractivity contribution in [1.29, 1.82) is 0 Å². The van der Waals surface area contributed by atoms with Crippen molar-refractivity contribution in [2.24, 2.45) is 26.2 Å². The van der Waals surface area contributed by atoms with Crippen molar-refractivity contribution < 1.29 is 4.42 Å². The monoisotopic (exact) mass is 535 g/mol. The molecule has 1 aliphatic heterocycles. The highest BCUT2D eigenvalue weighted by atomic mass is 16.3. The lowest BCUT2D eigenvalue weighted by atomic mass is 9.95. The first-order valence-electron chi connectivity index (χ1n) is 13.7. The Balaban J connectivity index is 0.000000274. The molecular weight excluding hydrogens is 486 g/mol. The van der Waals surface area contributed by atoms with Crippen LogP contribution in [0.15, 0.2) is 74.4 Å². The number of benzene rings is 1. The van der Waals surface area contributed by atoms with E-state index in [0.29, 0.717) is 29.4 Å². The fourth-order valence-corrected chi connectivity index (χ4v) is 4.12. The van der Waals surface area contributed by atoms with Crippen molar-refractivity contribution in [2.75, 3.05) is 31.6 Å². The molecule has 3 N–H and O–H groups in total. The van der Waals surface area contributed by atoms with Gasteiger partial charge in [0.1, 0.15) is 11.6 Å². The Kier molecular flexibility index (Phi) is 12.5. The van der Waals surface area contributed by atoms with Crippen LogP contribution in [0.25, 0.3) is 0 Å². The quantitative estimate of drug-likeness (QED) is 0.258. The average molecular weight is 536 g/mol. The van der Waals surface area contributed by atoms with Crippen LogP contribution in [0, 0.1) is 12.3 Å². The summed E-state index contributed by atoms with van der Waals surface area (Å²) in [5, 5.41) is 9.65. The molecule has 1 aromatic heterocycles. The molecule has 8 nitrogen and oxygen atoms in total. The number of nitrogens with one attached hydrogen (secondary N) is 1. The minimum atomic E-state index is 0.236. The van der Waals surface area contributed by atoms with Crippen molar-refractivity contribution in [3.05, 3.63) is 66.3 Å². The first-order chi connectivity index (χ1) is 18.4. The third kappa shape index (κ3) is 11.9. The van der Waals surface area contributed by atoms with Gasteiger partial charge in [-0.1, -0.05) is 39.5 Å². The normalized spacial score (nSPS) is 15.6. The van der Waals surface area contributed by atoms with Gasteiger partial charge in [0.25, 0.3) is 0 Å². The van der Waals surface area contributed by atoms with Gasteiger partial charge in [0, 0.05) is 56.2 Å². The van der Waals surface area contributed by atoms with Crippen LogP contribution < -0.4 is 16.0 Å². The smallest absolute Gasteiger partial charge is 0.223 e. The Morgan fingerprint density at radius 2 is 1.85 bits per heavy atom. The van der Waals surface area contributed by atoms with Gasteiger partial charge in [-0.2, -0.15) is 10.1 Å². The number of allylic oxidation sites excluding steroid dienone is 1. The van der Waals surface area contributed by atoms with Gasteiger partial charge in [-0.15, -0.1) is 0 Å². The van der Waals surface area contributed by atoms with E-state index in [-0.39, 0.29) is 5.96 Å². The Labute approximate surface area is 235 Å². The molecule has 214 valence electrons. The summed E-state index contributed by atoms with van der Waals surface area (Å²) in [6.45, 7) is 21.7. The molecule has 0 saturated carbocycles. The first-order valence-corrected chi connectivity index (χ1v) is 13.7. The number of anilines is 1. The minimum Gasteiger partial charge on any atom is -0.469 e. The van der Waals surface area contributed by atoms with Gasteiger partial charge < -0.3 is 20.4 Å². The van der Waals surface area contributed by atoms with Crippen LogP contribution in [0.1, 0.15) is 65.7 Å². The number of aryl methyl sites for hydroxylation is 1. The number of hydrogen-bond donors (Lipinski definition) is 2. The molecule has 2 aromatic rings. The Bertz CT molecular complexity index is 1120. The summed E-state index contributed by atoms with van der Waals surface area (Å²) in [7, 11) is 1.67. The maximum absolute atomic E-state index is 5.92. The zero-order chi connectivity index (χ0) is 29.0. The number of furan rings is 1. The van der Waals surface area contributed by atoms with E-state index >= 15 is 0 Å². The second kappa shape index (κ2) is 15.3. The van der Waals surface area contributed by atoms with E-state index in [0.717, 1.165) is 18.0 Å². The van der Waals surface area contributed by atoms with Gasteiger partial charge in [0.15, 0.2) is 0 Å². The van der Waals surface area contributed by atoms with Crippen LogP contribution in [0.2, 0.25) is 0 Å². The minimum absolute atomic E-state index is 0.236. The molecule has 1 aliphatic rings. The average Bonchev–Trinajstić information content (AvgIpc) is 3.38. The predicted molar refractivity (Wildman–Crippen MR) is 167 cm³/mol. The molecule has 0 radical (unpaired) electrons. The third-order valence-corrected chi connectivity index (χ3v) is 6.22. The highest BCUT2D eigenvalue weighted by Crippen LogP contribution is 2.21. The largest absolute Gasteiger partial charge is 0.469 e. The SMILES string of the molecule is C=C(C)N=C(N)N(/N=C(\C)Cc1ccco1)C(C)=NC.Cc1cccc(N2CCC(NCC(C)(C)C)CC2)c1. The number of guanidine groups is 1. The number of nitrogens with two attached hydrogens (primary N) is 1. The van der Waals surface area contributed by atoms with Crippen LogP contribution >= 0.6 is 0 Å². The van der Waals surface area contributed by atoms with Gasteiger partial charge >= 0.3 is 0 Å². The standard InChI is InChI=1S/C17H28N2.C14H21N5O/c1-14-6-5-7-16(12-14)19-10-8-15(9-11-19)18-13-17(2,3)4;1-10(2)17-14(15)19(12(4)16-5)18-11(3)9-13-7-6-8-20-13/h5-7,12,15,18H,8-11,13H2,1-4H3;6-8H,1,9H2,2-5H3,(H2,15,17)/b;16-12?,18-11+. The van der Waals surface area contributed by atoms with Gasteiger partial charge in [-0.3, -0.25) is 4.99 Å². The molecule has 0 amide bonds. The number of aliphatic imine (C=N–C) groups is 2. The molecule has 3 rings (SSSR count). The summed E-state index contributed by atoms with van der Waals surface area (Å²) < 4.78 is 5.29. The van der Waals surface area contributed by atoms with Crippen LogP contribution in [-0.4, -0.2) is 55.2 Å². The summed E-state index contributed by atoms with van der Waals surface area (Å²) in [6.07, 6.45) is 4.74. The molecule has 1 fully saturated rings. The van der Waals surface area contributed by atoms with Crippen molar-refractivity contribution in [1.82, 2.24) is 10.3 Å². The zero-order valence-electron chi connectivity index (χ0n) is 25.3. The van der Waals surface area contributed by atoms with E-state index in [1.54, 1.807) is 20.2 Å². The summed E-state index contributed by atoms with van der Waals surface area (Å²) in [4.78, 5) is 10.7. The van der Waals surface area contributed by atoms with E-state index in [4.69, 9.17) is 10.2 Å². The summed E-state index contributed by atoms with van der Waals surface area (Å²) in [6, 6.07) is 13.3. The lowest BCUT2D eigenvalue weighted by molar-refractivity contribution is 0.324. The molecular formula is C31H49N7O. The van der Waals surface area contributed by atoms with Crippen molar-refractivity contribution >= 4 is 23.2 Å². The van der Waals surface area contributed by atoms with E-state index < -0.39 is 0 Å². The zero-order valence-corrected chi connectivity index (χ0v) is 25.3. The summed E-state index contributed by atoms with van der Waals surface area (Å²) in [5.41, 5.74) is 10.5. The highest BCUT2D eigenvalue weighted by molar-refractivity contribution is 5.99. The topological polar surface area (TPSA) is 94.8 Å². The maximum atomic E-state index is 5.92. The fraction of sp³-hybridized carbons (Fsp3) is 0.516. The summed E-state index contributed by atoms with van der Waals surface area (Å²) in [5.74, 6) is 1.72. The Morgan fingerprint density at radius 3 is 2.38 bits per heavy atom. The van der Waals surface area contributed by atoms with E-state index in [2.05, 4.69) is 83.8 Å². The van der Waals surface area contributed by atoms with Crippen molar-refractivity contribution in [2.45, 2.75) is 73.8 Å². The number of hydrazone groups is 1. The molecule has 0 unspecified atom stereocenters. The molecule has 39 heavy (non-hydrogen) atoms. The highest BCUT2D eigenvalue weighted by Gasteiger charge is 2.21. The second-order valence-electron chi connectivity index (χ2n) is 11.4. The number of piperidine rings is 1. The predicted octanol–water partition coefficient (Wildman–Crippen LogP) is 6.00. The number of amidine groups is 1. The number of hydrogen-bond acceptors (Lipinski definition) is 6. The van der Waals surface area contributed by atoms with Crippen LogP contribution in [0.4, 0.5) is 5.69 Å². The fourth-order valence-electron chi connectivity index (χ4n) is 4.12. The number of nitrogens with zero attached hydrogens (tertiary/aromatic N) is 5. The first kappa shape index (κ1) is 31.8. The second-order valence-corrected chi connectivity index (χ2v) is 11.4. The molecule has 0 bridgehead atoms. The molecule has 2 heterocycles. The molecule has 1 saturated heterocycles. The molecule has 8 heteroatoms. The van der Waals surface area contributed by atoms with Gasteiger partial charge in [0.05, 0.1) is 6.26 Å². The maximum Gasteiger partial charge on any atom is 0.223 e. The molecule has 0 aliphatic carbocycles. The Hall–Kier alpha value is -3.39. The third-order valence-electron chi connectivity index (χ3n) is 6.22. The van der Waals surface area contributed by atoms with Crippen LogP contribution in [0.5, 0.6) is 0 Å². The van der Waals surface area contributed by atoms with Gasteiger partial charge in [0.2, 0.25) is 5.96 Å². The van der Waals surface area contributed by atoms with Crippen LogP contribution in [0.3, 0.4) is 0 Å². The molecule has 0 atom stereocenters. The molecule has 1 aromatic carbocycles. The Morgan fingerprint density at radius 1 is 1.15 bits per heavy atom. The van der Waals surface area contributed by atoms with Crippen LogP contribution in [-0.2, 0) is 6.42 Å². The lowest BCUT2D eigenvalue weighted by Crippen LogP contribution is -2.44.